The maximum Gasteiger partial charge on any atom is 0.329 e. The molecule has 3 atom stereocenters. The molecule has 7 heteroatoms. The van der Waals surface area contributed by atoms with Gasteiger partial charge in [-0.2, -0.15) is 0 Å². The Morgan fingerprint density at radius 1 is 1.19 bits per heavy atom. The van der Waals surface area contributed by atoms with E-state index in [0.717, 1.165) is 30.6 Å². The average molecular weight is 424 g/mol. The highest BCUT2D eigenvalue weighted by molar-refractivity contribution is 6.11. The van der Waals surface area contributed by atoms with Crippen molar-refractivity contribution in [2.75, 3.05) is 16.8 Å². The third kappa shape index (κ3) is 3.85. The van der Waals surface area contributed by atoms with Crippen molar-refractivity contribution in [2.24, 2.45) is 5.92 Å². The third-order valence-corrected chi connectivity index (χ3v) is 6.22. The lowest BCUT2D eigenvalue weighted by Crippen LogP contribution is -2.64. The minimum absolute atomic E-state index is 0.0374. The van der Waals surface area contributed by atoms with Gasteiger partial charge in [0, 0.05) is 17.3 Å². The number of hydrogen-bond acceptors (Lipinski definition) is 4. The zero-order valence-electron chi connectivity index (χ0n) is 17.9. The molecular formula is C24H29N3O4. The van der Waals surface area contributed by atoms with Crippen LogP contribution in [-0.2, 0) is 10.5 Å². The summed E-state index contributed by atoms with van der Waals surface area (Å²) in [5, 5.41) is 17.7. The second-order valence-corrected chi connectivity index (χ2v) is 8.25. The average Bonchev–Trinajstić information content (AvgIpc) is 2.76. The molecule has 0 spiro atoms. The molecule has 2 aromatic carbocycles. The van der Waals surface area contributed by atoms with Crippen LogP contribution in [0.1, 0.15) is 45.1 Å². The Kier molecular flexibility index (Phi) is 5.87. The van der Waals surface area contributed by atoms with Crippen molar-refractivity contribution < 1.29 is 19.4 Å². The van der Waals surface area contributed by atoms with Gasteiger partial charge in [-0.05, 0) is 56.0 Å². The molecule has 2 aliphatic rings. The fourth-order valence-electron chi connectivity index (χ4n) is 4.52. The number of ether oxygens (including phenoxy) is 1. The molecule has 1 heterocycles. The molecule has 1 saturated carbocycles. The van der Waals surface area contributed by atoms with Crippen LogP contribution < -0.4 is 20.3 Å². The van der Waals surface area contributed by atoms with Crippen LogP contribution in [0.2, 0.25) is 0 Å². The molecule has 1 aliphatic heterocycles. The van der Waals surface area contributed by atoms with Crippen LogP contribution in [0.15, 0.2) is 48.5 Å². The van der Waals surface area contributed by atoms with Gasteiger partial charge in [0.15, 0.2) is 0 Å². The van der Waals surface area contributed by atoms with Gasteiger partial charge in [0.05, 0.1) is 12.3 Å². The molecule has 3 N–H and O–H groups in total. The Balaban J connectivity index is 1.75. The first-order valence-corrected chi connectivity index (χ1v) is 10.9. The number of nitrogens with one attached hydrogen (secondary N) is 2. The molecule has 0 bridgehead atoms. The number of aliphatic hydroxyl groups is 1. The number of hydrogen-bond donors (Lipinski definition) is 3. The van der Waals surface area contributed by atoms with Crippen LogP contribution in [0.3, 0.4) is 0 Å². The normalized spacial score (nSPS) is 25.4. The van der Waals surface area contributed by atoms with E-state index in [2.05, 4.69) is 17.6 Å². The molecule has 1 aliphatic carbocycles. The van der Waals surface area contributed by atoms with E-state index in [1.165, 1.54) is 0 Å². The van der Waals surface area contributed by atoms with Gasteiger partial charge in [-0.15, -0.1) is 0 Å². The molecule has 164 valence electrons. The Morgan fingerprint density at radius 3 is 2.61 bits per heavy atom. The van der Waals surface area contributed by atoms with Crippen molar-refractivity contribution in [1.82, 2.24) is 5.32 Å². The molecule has 4 rings (SSSR count). The number of fused-ring (bicyclic) bond motifs is 1. The summed E-state index contributed by atoms with van der Waals surface area (Å²) in [5.41, 5.74) is -1.03. The van der Waals surface area contributed by atoms with E-state index in [1.54, 1.807) is 48.5 Å². The van der Waals surface area contributed by atoms with E-state index in [1.807, 2.05) is 6.92 Å². The standard InChI is InChI=1S/C24H29N3O4/c1-3-31-18-14-12-17(13-15-18)27-23(29)26-21-11-7-5-9-19(21)24(27,30)22(28)25-20-10-6-4-8-16(20)2/h5,7,9,11-16,20,30H,3-4,6,8,10H2,1-2H3,(H,25,28)(H,26,29)/t16-,20-,24+/m0/s1. The van der Waals surface area contributed by atoms with E-state index in [9.17, 15) is 14.7 Å². The topological polar surface area (TPSA) is 90.9 Å². The molecule has 3 amide bonds. The van der Waals surface area contributed by atoms with Gasteiger partial charge in [-0.25, -0.2) is 4.79 Å². The van der Waals surface area contributed by atoms with Gasteiger partial charge < -0.3 is 20.5 Å². The highest BCUT2D eigenvalue weighted by Crippen LogP contribution is 2.40. The van der Waals surface area contributed by atoms with Crippen LogP contribution >= 0.6 is 0 Å². The Hall–Kier alpha value is -3.06. The summed E-state index contributed by atoms with van der Waals surface area (Å²) in [6.07, 6.45) is 4.07. The second kappa shape index (κ2) is 8.59. The van der Waals surface area contributed by atoms with E-state index >= 15 is 0 Å². The molecule has 0 saturated heterocycles. The molecule has 2 aromatic rings. The Bertz CT molecular complexity index is 962. The lowest BCUT2D eigenvalue weighted by Gasteiger charge is -2.44. The first-order chi connectivity index (χ1) is 14.9. The van der Waals surface area contributed by atoms with Crippen molar-refractivity contribution in [2.45, 2.75) is 51.3 Å². The Labute approximate surface area is 182 Å². The first-order valence-electron chi connectivity index (χ1n) is 10.9. The van der Waals surface area contributed by atoms with Crippen LogP contribution in [0, 0.1) is 5.92 Å². The van der Waals surface area contributed by atoms with Crippen LogP contribution in [0.5, 0.6) is 5.75 Å². The van der Waals surface area contributed by atoms with Crippen LogP contribution in [0.25, 0.3) is 0 Å². The monoisotopic (exact) mass is 423 g/mol. The maximum absolute atomic E-state index is 13.6. The maximum atomic E-state index is 13.6. The van der Waals surface area contributed by atoms with Crippen LogP contribution in [-0.4, -0.2) is 29.7 Å². The van der Waals surface area contributed by atoms with E-state index in [-0.39, 0.29) is 6.04 Å². The summed E-state index contributed by atoms with van der Waals surface area (Å²) < 4.78 is 5.48. The molecule has 31 heavy (non-hydrogen) atoms. The number of rotatable bonds is 5. The second-order valence-electron chi connectivity index (χ2n) is 8.25. The lowest BCUT2D eigenvalue weighted by molar-refractivity contribution is -0.141. The van der Waals surface area contributed by atoms with Gasteiger partial charge in [0.2, 0.25) is 0 Å². The van der Waals surface area contributed by atoms with E-state index in [0.29, 0.717) is 35.2 Å². The summed E-state index contributed by atoms with van der Waals surface area (Å²) in [4.78, 5) is 27.8. The number of anilines is 2. The van der Waals surface area contributed by atoms with E-state index < -0.39 is 17.7 Å². The number of nitrogens with zero attached hydrogens (tertiary/aromatic N) is 1. The minimum atomic E-state index is -2.18. The largest absolute Gasteiger partial charge is 0.494 e. The number of carbonyl (C=O) groups is 2. The number of carbonyl (C=O) groups excluding carboxylic acids is 2. The van der Waals surface area contributed by atoms with E-state index in [4.69, 9.17) is 4.74 Å². The first kappa shape index (κ1) is 21.2. The molecule has 7 nitrogen and oxygen atoms in total. The molecule has 1 fully saturated rings. The number of urea groups is 1. The van der Waals surface area contributed by atoms with Crippen molar-refractivity contribution in [3.8, 4) is 5.75 Å². The highest BCUT2D eigenvalue weighted by atomic mass is 16.5. The SMILES string of the molecule is CCOc1ccc(N2C(=O)Nc3ccccc3[C@@]2(O)C(=O)N[C@H]2CCCC[C@@H]2C)cc1. The lowest BCUT2D eigenvalue weighted by atomic mass is 9.85. The van der Waals surface area contributed by atoms with Crippen molar-refractivity contribution in [3.05, 3.63) is 54.1 Å². The van der Waals surface area contributed by atoms with Crippen molar-refractivity contribution in [3.63, 3.8) is 0 Å². The Morgan fingerprint density at radius 2 is 1.90 bits per heavy atom. The molecule has 0 radical (unpaired) electrons. The van der Waals surface area contributed by atoms with Gasteiger partial charge in [-0.1, -0.05) is 38.0 Å². The third-order valence-electron chi connectivity index (χ3n) is 6.22. The summed E-state index contributed by atoms with van der Waals surface area (Å²) in [6, 6.07) is 13.0. The van der Waals surface area contributed by atoms with Crippen molar-refractivity contribution >= 4 is 23.3 Å². The summed E-state index contributed by atoms with van der Waals surface area (Å²) in [5.74, 6) is 0.364. The van der Waals surface area contributed by atoms with Gasteiger partial charge in [-0.3, -0.25) is 9.69 Å². The minimum Gasteiger partial charge on any atom is -0.494 e. The fraction of sp³-hybridized carbons (Fsp3) is 0.417. The zero-order valence-corrected chi connectivity index (χ0v) is 17.9. The van der Waals surface area contributed by atoms with Gasteiger partial charge in [0.25, 0.3) is 11.6 Å². The smallest absolute Gasteiger partial charge is 0.329 e. The quantitative estimate of drug-likeness (QED) is 0.679. The summed E-state index contributed by atoms with van der Waals surface area (Å²) >= 11 is 0. The van der Waals surface area contributed by atoms with Gasteiger partial charge in [0.1, 0.15) is 5.75 Å². The fourth-order valence-corrected chi connectivity index (χ4v) is 4.52. The molecular weight excluding hydrogens is 394 g/mol. The van der Waals surface area contributed by atoms with Gasteiger partial charge >= 0.3 is 6.03 Å². The molecule has 0 unspecified atom stereocenters. The predicted molar refractivity (Wildman–Crippen MR) is 119 cm³/mol. The highest BCUT2D eigenvalue weighted by Gasteiger charge is 2.52. The number of para-hydroxylation sites is 1. The zero-order chi connectivity index (χ0) is 22.0. The summed E-state index contributed by atoms with van der Waals surface area (Å²) in [6.45, 7) is 4.51. The number of amides is 3. The predicted octanol–water partition coefficient (Wildman–Crippen LogP) is 3.98. The molecule has 0 aromatic heterocycles. The summed E-state index contributed by atoms with van der Waals surface area (Å²) in [7, 11) is 0. The van der Waals surface area contributed by atoms with Crippen molar-refractivity contribution in [1.29, 1.82) is 0 Å². The number of benzene rings is 2. The van der Waals surface area contributed by atoms with Crippen LogP contribution in [0.4, 0.5) is 16.2 Å².